The monoisotopic (exact) mass is 712 g/mol. The highest BCUT2D eigenvalue weighted by molar-refractivity contribution is 6.31. The van der Waals surface area contributed by atoms with Crippen molar-refractivity contribution in [2.45, 2.75) is 52.4 Å². The van der Waals surface area contributed by atoms with Crippen LogP contribution in [-0.2, 0) is 9.59 Å². The minimum atomic E-state index is -0.261. The summed E-state index contributed by atoms with van der Waals surface area (Å²) in [4.78, 5) is 49.7. The maximum atomic E-state index is 12.5. The summed E-state index contributed by atoms with van der Waals surface area (Å²) in [6.07, 6.45) is 3.52. The van der Waals surface area contributed by atoms with Crippen molar-refractivity contribution in [2.24, 2.45) is 10.2 Å². The second-order valence-electron chi connectivity index (χ2n) is 11.5. The number of hydrogen-bond acceptors (Lipinski definition) is 6. The number of carbonyl (C=O) groups excluding carboxylic acids is 4. The number of hydrazone groups is 2. The highest BCUT2D eigenvalue weighted by atomic mass is 35.5. The predicted octanol–water partition coefficient (Wildman–Crippen LogP) is 8.22. The number of nitrogens with one attached hydrogen (secondary N) is 4. The first-order valence-electron chi connectivity index (χ1n) is 16.1. The van der Waals surface area contributed by atoms with Crippen molar-refractivity contribution in [3.63, 3.8) is 0 Å². The smallest absolute Gasteiger partial charge is 0.255 e. The minimum absolute atomic E-state index is 0.201. The molecule has 0 bridgehead atoms. The number of benzene rings is 4. The Labute approximate surface area is 301 Å². The predicted molar refractivity (Wildman–Crippen MR) is 200 cm³/mol. The molecule has 0 unspecified atom stereocenters. The molecule has 4 N–H and O–H groups in total. The maximum Gasteiger partial charge on any atom is 0.255 e. The summed E-state index contributed by atoms with van der Waals surface area (Å²) in [6.45, 7) is 3.55. The molecule has 0 atom stereocenters. The number of anilines is 2. The Morgan fingerprint density at radius 2 is 0.900 bits per heavy atom. The van der Waals surface area contributed by atoms with E-state index in [0.29, 0.717) is 69.7 Å². The van der Waals surface area contributed by atoms with Crippen molar-refractivity contribution in [1.29, 1.82) is 0 Å². The average molecular weight is 714 g/mol. The van der Waals surface area contributed by atoms with Crippen LogP contribution in [0.1, 0.15) is 84.2 Å². The largest absolute Gasteiger partial charge is 0.322 e. The number of rotatable bonds is 15. The molecule has 50 heavy (non-hydrogen) atoms. The zero-order chi connectivity index (χ0) is 35.9. The lowest BCUT2D eigenvalue weighted by molar-refractivity contribution is -0.122. The lowest BCUT2D eigenvalue weighted by atomic mass is 10.1. The second kappa shape index (κ2) is 19.0. The standard InChI is InChI=1S/C38H38Cl2N6O4/c1-25(29-9-7-11-33(23-29)41-37(49)27-15-19-31(39)20-16-27)43-45-35(47)13-5-3-4-6-14-36(48)46-44-26(2)30-10-8-12-34(24-30)42-38(50)28-17-21-32(40)22-18-28/h7-12,15-24H,3-6,13-14H2,1-2H3,(H,41,49)(H,42,50)(H,45,47)(H,46,48). The van der Waals surface area contributed by atoms with E-state index in [0.717, 1.165) is 24.0 Å². The van der Waals surface area contributed by atoms with Gasteiger partial charge < -0.3 is 10.6 Å². The van der Waals surface area contributed by atoms with E-state index in [1.165, 1.54) is 0 Å². The normalized spacial score (nSPS) is 11.4. The number of nitrogens with zero attached hydrogens (tertiary/aromatic N) is 2. The summed E-state index contributed by atoms with van der Waals surface area (Å²) in [6, 6.07) is 27.6. The van der Waals surface area contributed by atoms with Gasteiger partial charge in [0.2, 0.25) is 11.8 Å². The van der Waals surface area contributed by atoms with E-state index in [2.05, 4.69) is 31.7 Å². The van der Waals surface area contributed by atoms with Crippen LogP contribution in [0.5, 0.6) is 0 Å². The van der Waals surface area contributed by atoms with Gasteiger partial charge in [0.05, 0.1) is 11.4 Å². The van der Waals surface area contributed by atoms with Gasteiger partial charge in [-0.3, -0.25) is 19.2 Å². The molecule has 0 saturated carbocycles. The van der Waals surface area contributed by atoms with E-state index in [1.54, 1.807) is 98.8 Å². The Kier molecular flexibility index (Phi) is 14.3. The maximum absolute atomic E-state index is 12.5. The van der Waals surface area contributed by atoms with Crippen LogP contribution >= 0.6 is 23.2 Å². The topological polar surface area (TPSA) is 141 Å². The summed E-state index contributed by atoms with van der Waals surface area (Å²) in [7, 11) is 0. The number of unbranched alkanes of at least 4 members (excludes halogenated alkanes) is 3. The molecule has 4 rings (SSSR count). The number of hydrogen-bond donors (Lipinski definition) is 4. The molecule has 4 aromatic carbocycles. The van der Waals surface area contributed by atoms with Crippen LogP contribution in [0.15, 0.2) is 107 Å². The third-order valence-electron chi connectivity index (χ3n) is 7.54. The van der Waals surface area contributed by atoms with E-state index in [9.17, 15) is 19.2 Å². The fourth-order valence-electron chi connectivity index (χ4n) is 4.71. The molecular weight excluding hydrogens is 675 g/mol. The second-order valence-corrected chi connectivity index (χ2v) is 12.3. The molecule has 0 aliphatic carbocycles. The van der Waals surface area contributed by atoms with E-state index in [4.69, 9.17) is 23.2 Å². The van der Waals surface area contributed by atoms with Crippen molar-refractivity contribution < 1.29 is 19.2 Å². The first-order valence-corrected chi connectivity index (χ1v) is 16.8. The fraction of sp³-hybridized carbons (Fsp3) is 0.211. The van der Waals surface area contributed by atoms with E-state index >= 15 is 0 Å². The first-order chi connectivity index (χ1) is 24.1. The van der Waals surface area contributed by atoms with Gasteiger partial charge in [0.1, 0.15) is 0 Å². The average Bonchev–Trinajstić information content (AvgIpc) is 3.11. The van der Waals surface area contributed by atoms with Crippen LogP contribution in [0, 0.1) is 0 Å². The number of amides is 4. The Bertz CT molecular complexity index is 1740. The van der Waals surface area contributed by atoms with Gasteiger partial charge >= 0.3 is 0 Å². The fourth-order valence-corrected chi connectivity index (χ4v) is 4.96. The summed E-state index contributed by atoms with van der Waals surface area (Å²) >= 11 is 11.8. The summed E-state index contributed by atoms with van der Waals surface area (Å²) < 4.78 is 0. The van der Waals surface area contributed by atoms with Crippen LogP contribution in [-0.4, -0.2) is 35.1 Å². The Morgan fingerprint density at radius 3 is 1.28 bits per heavy atom. The molecule has 0 fully saturated rings. The van der Waals surface area contributed by atoms with Gasteiger partial charge in [-0.25, -0.2) is 10.9 Å². The van der Waals surface area contributed by atoms with Gasteiger partial charge in [-0.2, -0.15) is 10.2 Å². The highest BCUT2D eigenvalue weighted by Crippen LogP contribution is 2.17. The molecule has 4 amide bonds. The van der Waals surface area contributed by atoms with E-state index in [-0.39, 0.29) is 23.6 Å². The van der Waals surface area contributed by atoms with Crippen LogP contribution in [0.25, 0.3) is 0 Å². The zero-order valence-electron chi connectivity index (χ0n) is 27.8. The van der Waals surface area contributed by atoms with Gasteiger partial charge in [0.15, 0.2) is 0 Å². The van der Waals surface area contributed by atoms with Crippen LogP contribution in [0.3, 0.4) is 0 Å². The summed E-state index contributed by atoms with van der Waals surface area (Å²) in [5.74, 6) is -0.923. The van der Waals surface area contributed by atoms with Crippen molar-refractivity contribution >= 4 is 69.6 Å². The molecule has 0 spiro atoms. The van der Waals surface area contributed by atoms with Crippen molar-refractivity contribution in [3.05, 3.63) is 129 Å². The SMILES string of the molecule is CC(=NNC(=O)CCCCCCC(=O)NN=C(C)c1cccc(NC(=O)c2ccc(Cl)cc2)c1)c1cccc(NC(=O)c2ccc(Cl)cc2)c1. The quantitative estimate of drug-likeness (QED) is 0.0560. The van der Waals surface area contributed by atoms with Crippen LogP contribution in [0.4, 0.5) is 11.4 Å². The lowest BCUT2D eigenvalue weighted by Crippen LogP contribution is -2.19. The molecule has 12 heteroatoms. The van der Waals surface area contributed by atoms with Crippen molar-refractivity contribution in [1.82, 2.24) is 10.9 Å². The molecule has 0 heterocycles. The Morgan fingerprint density at radius 1 is 0.520 bits per heavy atom. The van der Waals surface area contributed by atoms with Gasteiger partial charge in [0, 0.05) is 45.4 Å². The number of halogens is 2. The zero-order valence-corrected chi connectivity index (χ0v) is 29.3. The highest BCUT2D eigenvalue weighted by Gasteiger charge is 2.10. The molecule has 0 radical (unpaired) electrons. The summed E-state index contributed by atoms with van der Waals surface area (Å²) in [5.41, 5.74) is 10.0. The third kappa shape index (κ3) is 12.3. The van der Waals surface area contributed by atoms with E-state index in [1.807, 2.05) is 12.1 Å². The van der Waals surface area contributed by atoms with E-state index < -0.39 is 0 Å². The molecule has 0 aliphatic rings. The molecule has 258 valence electrons. The molecule has 0 aromatic heterocycles. The Balaban J connectivity index is 1.12. The van der Waals surface area contributed by atoms with Crippen LogP contribution < -0.4 is 21.5 Å². The molecular formula is C38H38Cl2N6O4. The van der Waals surface area contributed by atoms with Crippen molar-refractivity contribution in [3.8, 4) is 0 Å². The lowest BCUT2D eigenvalue weighted by Gasteiger charge is -2.08. The van der Waals surface area contributed by atoms with Crippen molar-refractivity contribution in [2.75, 3.05) is 10.6 Å². The molecule has 0 saturated heterocycles. The van der Waals surface area contributed by atoms with Gasteiger partial charge in [-0.05, 0) is 111 Å². The molecule has 4 aromatic rings. The van der Waals surface area contributed by atoms with Gasteiger partial charge in [-0.15, -0.1) is 0 Å². The summed E-state index contributed by atoms with van der Waals surface area (Å²) in [5, 5.41) is 15.2. The minimum Gasteiger partial charge on any atom is -0.322 e. The first kappa shape index (κ1) is 37.5. The molecule has 0 aliphatic heterocycles. The van der Waals surface area contributed by atoms with Gasteiger partial charge in [0.25, 0.3) is 11.8 Å². The number of carbonyl (C=O) groups is 4. The van der Waals surface area contributed by atoms with Gasteiger partial charge in [-0.1, -0.05) is 60.3 Å². The Hall–Kier alpha value is -5.32. The molecule has 10 nitrogen and oxygen atoms in total. The third-order valence-corrected chi connectivity index (χ3v) is 8.05. The van der Waals surface area contributed by atoms with Crippen LogP contribution in [0.2, 0.25) is 10.0 Å².